The Morgan fingerprint density at radius 1 is 1.48 bits per heavy atom. The molecule has 0 spiro atoms. The zero-order valence-electron chi connectivity index (χ0n) is 13.9. The van der Waals surface area contributed by atoms with Crippen molar-refractivity contribution in [2.24, 2.45) is 5.92 Å². The molecular formula is C18H17ClN2O4. The molecule has 2 aromatic rings. The van der Waals surface area contributed by atoms with Crippen molar-refractivity contribution in [1.82, 2.24) is 5.32 Å². The second-order valence-electron chi connectivity index (χ2n) is 6.41. The van der Waals surface area contributed by atoms with Gasteiger partial charge in [0.2, 0.25) is 5.76 Å². The van der Waals surface area contributed by atoms with Crippen molar-refractivity contribution in [3.05, 3.63) is 34.5 Å². The van der Waals surface area contributed by atoms with Gasteiger partial charge in [0, 0.05) is 16.0 Å². The molecule has 1 atom stereocenters. The van der Waals surface area contributed by atoms with Crippen molar-refractivity contribution in [3.63, 3.8) is 0 Å². The van der Waals surface area contributed by atoms with Crippen LogP contribution in [0.3, 0.4) is 0 Å². The summed E-state index contributed by atoms with van der Waals surface area (Å²) in [4.78, 5) is 24.2. The topological polar surface area (TPSA) is 92.3 Å². The van der Waals surface area contributed by atoms with Gasteiger partial charge in [-0.3, -0.25) is 4.79 Å². The van der Waals surface area contributed by atoms with E-state index < -0.39 is 24.0 Å². The Morgan fingerprint density at radius 3 is 2.84 bits per heavy atom. The Labute approximate surface area is 149 Å². The van der Waals surface area contributed by atoms with Crippen molar-refractivity contribution < 1.29 is 18.7 Å². The van der Waals surface area contributed by atoms with Gasteiger partial charge in [0.05, 0.1) is 6.07 Å². The molecule has 0 radical (unpaired) electrons. The highest BCUT2D eigenvalue weighted by Gasteiger charge is 2.43. The third-order valence-corrected chi connectivity index (χ3v) is 4.68. The predicted molar refractivity (Wildman–Crippen MR) is 91.1 cm³/mol. The number of carbonyl (C=O) groups is 2. The van der Waals surface area contributed by atoms with Gasteiger partial charge in [-0.2, -0.15) is 5.26 Å². The number of hydrogen-bond donors (Lipinski definition) is 1. The van der Waals surface area contributed by atoms with Crippen molar-refractivity contribution in [3.8, 4) is 6.07 Å². The van der Waals surface area contributed by atoms with E-state index in [9.17, 15) is 14.9 Å². The molecule has 1 aliphatic rings. The molecule has 0 aliphatic heterocycles. The molecule has 1 aliphatic carbocycles. The summed E-state index contributed by atoms with van der Waals surface area (Å²) < 4.78 is 10.5. The maximum atomic E-state index is 12.2. The van der Waals surface area contributed by atoms with E-state index in [1.54, 1.807) is 32.0 Å². The molecule has 6 nitrogen and oxygen atoms in total. The van der Waals surface area contributed by atoms with Crippen LogP contribution in [0.4, 0.5) is 0 Å². The van der Waals surface area contributed by atoms with E-state index in [-0.39, 0.29) is 11.7 Å². The summed E-state index contributed by atoms with van der Waals surface area (Å²) in [5.74, 6) is -1.05. The van der Waals surface area contributed by atoms with Gasteiger partial charge in [0.25, 0.3) is 5.91 Å². The van der Waals surface area contributed by atoms with Crippen LogP contribution >= 0.6 is 11.6 Å². The van der Waals surface area contributed by atoms with Gasteiger partial charge in [-0.1, -0.05) is 11.6 Å². The number of rotatable bonds is 5. The first kappa shape index (κ1) is 17.3. The Morgan fingerprint density at radius 2 is 2.20 bits per heavy atom. The highest BCUT2D eigenvalue weighted by molar-refractivity contribution is 6.31. The molecule has 1 saturated carbocycles. The van der Waals surface area contributed by atoms with Crippen LogP contribution in [0.2, 0.25) is 5.02 Å². The number of amides is 1. The molecule has 7 heteroatoms. The second kappa shape index (κ2) is 6.41. The van der Waals surface area contributed by atoms with E-state index in [0.717, 1.165) is 18.2 Å². The van der Waals surface area contributed by atoms with Crippen LogP contribution < -0.4 is 5.32 Å². The van der Waals surface area contributed by atoms with Crippen LogP contribution in [0.25, 0.3) is 11.0 Å². The number of fused-ring (bicyclic) bond motifs is 1. The maximum Gasteiger partial charge on any atom is 0.375 e. The van der Waals surface area contributed by atoms with Gasteiger partial charge in [-0.15, -0.1) is 0 Å². The predicted octanol–water partition coefficient (Wildman–Crippen LogP) is 3.36. The SMILES string of the molecule is Cc1c(C(=O)OCC(=O)N[C@](C)(C#N)C2CC2)oc2ccc(Cl)cc12. The van der Waals surface area contributed by atoms with Gasteiger partial charge in [-0.05, 0) is 50.8 Å². The number of aryl methyl sites for hydroxylation is 1. The Bertz CT molecular complexity index is 894. The normalized spacial score (nSPS) is 16.1. The molecule has 0 unspecified atom stereocenters. The van der Waals surface area contributed by atoms with E-state index in [2.05, 4.69) is 11.4 Å². The molecule has 1 aromatic heterocycles. The first-order chi connectivity index (χ1) is 11.8. The standard InChI is InChI=1S/C18H17ClN2O4/c1-10-13-7-12(19)5-6-14(13)25-16(10)17(23)24-8-15(22)21-18(2,9-20)11-3-4-11/h5-7,11H,3-4,8H2,1-2H3,(H,21,22)/t18-/m1/s1. The lowest BCUT2D eigenvalue weighted by Crippen LogP contribution is -2.48. The van der Waals surface area contributed by atoms with Gasteiger partial charge >= 0.3 is 5.97 Å². The average Bonchev–Trinajstić information content (AvgIpc) is 3.39. The average molecular weight is 361 g/mol. The van der Waals surface area contributed by atoms with Crippen LogP contribution in [0.1, 0.15) is 35.9 Å². The van der Waals surface area contributed by atoms with Gasteiger partial charge in [-0.25, -0.2) is 4.79 Å². The van der Waals surface area contributed by atoms with Gasteiger partial charge < -0.3 is 14.5 Å². The molecule has 130 valence electrons. The van der Waals surface area contributed by atoms with E-state index in [4.69, 9.17) is 20.8 Å². The van der Waals surface area contributed by atoms with E-state index in [0.29, 0.717) is 16.2 Å². The lowest BCUT2D eigenvalue weighted by molar-refractivity contribution is -0.125. The molecule has 0 bridgehead atoms. The quantitative estimate of drug-likeness (QED) is 0.825. The van der Waals surface area contributed by atoms with Crippen molar-refractivity contribution >= 4 is 34.4 Å². The zero-order valence-corrected chi connectivity index (χ0v) is 14.6. The van der Waals surface area contributed by atoms with E-state index in [1.807, 2.05) is 0 Å². The zero-order chi connectivity index (χ0) is 18.2. The third kappa shape index (κ3) is 3.47. The minimum atomic E-state index is -0.921. The summed E-state index contributed by atoms with van der Waals surface area (Å²) in [5.41, 5.74) is 0.196. The highest BCUT2D eigenvalue weighted by Crippen LogP contribution is 2.39. The summed E-state index contributed by atoms with van der Waals surface area (Å²) >= 11 is 5.95. The van der Waals surface area contributed by atoms with E-state index in [1.165, 1.54) is 0 Å². The number of nitrogens with one attached hydrogen (secondary N) is 1. The Balaban J connectivity index is 1.66. The van der Waals surface area contributed by atoms with Gasteiger partial charge in [0.1, 0.15) is 11.1 Å². The maximum absolute atomic E-state index is 12.2. The lowest BCUT2D eigenvalue weighted by Gasteiger charge is -2.22. The molecule has 1 amide bonds. The number of halogens is 1. The minimum Gasteiger partial charge on any atom is -0.450 e. The summed E-state index contributed by atoms with van der Waals surface area (Å²) in [6.07, 6.45) is 1.82. The second-order valence-corrected chi connectivity index (χ2v) is 6.85. The molecule has 1 N–H and O–H groups in total. The van der Waals surface area contributed by atoms with Crippen molar-refractivity contribution in [2.75, 3.05) is 6.61 Å². The Hall–Kier alpha value is -2.52. The summed E-state index contributed by atoms with van der Waals surface area (Å²) in [7, 11) is 0. The molecule has 0 saturated heterocycles. The number of nitrogens with zero attached hydrogens (tertiary/aromatic N) is 1. The molecular weight excluding hydrogens is 344 g/mol. The van der Waals surface area contributed by atoms with Crippen molar-refractivity contribution in [2.45, 2.75) is 32.2 Å². The molecule has 3 rings (SSSR count). The fourth-order valence-corrected chi connectivity index (χ4v) is 2.96. The summed E-state index contributed by atoms with van der Waals surface area (Å²) in [5, 5.41) is 13.1. The first-order valence-corrected chi connectivity index (χ1v) is 8.30. The van der Waals surface area contributed by atoms with Crippen LogP contribution in [-0.4, -0.2) is 24.0 Å². The first-order valence-electron chi connectivity index (χ1n) is 7.92. The third-order valence-electron chi connectivity index (χ3n) is 4.44. The number of hydrogen-bond acceptors (Lipinski definition) is 5. The molecule has 1 aromatic carbocycles. The number of esters is 1. The summed E-state index contributed by atoms with van der Waals surface area (Å²) in [6, 6.07) is 7.15. The number of benzene rings is 1. The summed E-state index contributed by atoms with van der Waals surface area (Å²) in [6.45, 7) is 2.93. The number of ether oxygens (including phenoxy) is 1. The monoisotopic (exact) mass is 360 g/mol. The highest BCUT2D eigenvalue weighted by atomic mass is 35.5. The number of nitriles is 1. The van der Waals surface area contributed by atoms with Crippen LogP contribution in [-0.2, 0) is 9.53 Å². The number of furan rings is 1. The van der Waals surface area contributed by atoms with E-state index >= 15 is 0 Å². The van der Waals surface area contributed by atoms with Gasteiger partial charge in [0.15, 0.2) is 6.61 Å². The van der Waals surface area contributed by atoms with Crippen LogP contribution in [0.15, 0.2) is 22.6 Å². The van der Waals surface area contributed by atoms with Crippen LogP contribution in [0.5, 0.6) is 0 Å². The Kier molecular flexibility index (Phi) is 4.44. The fourth-order valence-electron chi connectivity index (χ4n) is 2.79. The molecule has 1 fully saturated rings. The van der Waals surface area contributed by atoms with Crippen molar-refractivity contribution in [1.29, 1.82) is 5.26 Å². The number of carbonyl (C=O) groups excluding carboxylic acids is 2. The smallest absolute Gasteiger partial charge is 0.375 e. The largest absolute Gasteiger partial charge is 0.450 e. The van der Waals surface area contributed by atoms with Crippen LogP contribution in [0, 0.1) is 24.2 Å². The minimum absolute atomic E-state index is 0.0373. The lowest BCUT2D eigenvalue weighted by atomic mass is 9.98. The molecule has 1 heterocycles. The molecule has 25 heavy (non-hydrogen) atoms. The fraction of sp³-hybridized carbons (Fsp3) is 0.389.